The molecule has 2 heterocycles. The lowest BCUT2D eigenvalue weighted by molar-refractivity contribution is -0.121. The van der Waals surface area contributed by atoms with Crippen LogP contribution in [0.25, 0.3) is 0 Å². The first-order valence-electron chi connectivity index (χ1n) is 9.00. The van der Waals surface area contributed by atoms with Gasteiger partial charge in [-0.05, 0) is 17.7 Å². The Bertz CT molecular complexity index is 863. The molecule has 0 aliphatic carbocycles. The number of methoxy groups -OCH3 is 1. The zero-order valence-electron chi connectivity index (χ0n) is 15.7. The van der Waals surface area contributed by atoms with Crippen LogP contribution in [-0.4, -0.2) is 48.9 Å². The molecule has 3 rings (SSSR count). The lowest BCUT2D eigenvalue weighted by atomic mass is 10.2. The van der Waals surface area contributed by atoms with E-state index in [1.54, 1.807) is 12.1 Å². The maximum atomic E-state index is 13.0. The summed E-state index contributed by atoms with van der Waals surface area (Å²) in [6.07, 6.45) is 0. The van der Waals surface area contributed by atoms with Crippen LogP contribution in [0.5, 0.6) is 0 Å². The Morgan fingerprint density at radius 3 is 2.68 bits per heavy atom. The fourth-order valence-electron chi connectivity index (χ4n) is 2.92. The molecule has 28 heavy (non-hydrogen) atoms. The minimum atomic E-state index is -0.334. The van der Waals surface area contributed by atoms with Crippen molar-refractivity contribution < 1.29 is 18.7 Å². The quantitative estimate of drug-likeness (QED) is 0.749. The number of morpholine rings is 1. The van der Waals surface area contributed by atoms with Crippen molar-refractivity contribution in [3.05, 3.63) is 57.8 Å². The number of nitrogens with one attached hydrogen (secondary N) is 1. The molecule has 1 aromatic heterocycles. The van der Waals surface area contributed by atoms with Gasteiger partial charge in [0.05, 0.1) is 25.5 Å². The number of anilines is 1. The molecule has 1 fully saturated rings. The number of aromatic nitrogens is 2. The van der Waals surface area contributed by atoms with Gasteiger partial charge in [-0.15, -0.1) is 0 Å². The zero-order valence-corrected chi connectivity index (χ0v) is 15.7. The van der Waals surface area contributed by atoms with E-state index in [9.17, 15) is 14.0 Å². The summed E-state index contributed by atoms with van der Waals surface area (Å²) in [5, 5.41) is 2.75. The molecular formula is C19H23FN4O4. The van der Waals surface area contributed by atoms with E-state index in [1.807, 2.05) is 4.90 Å². The molecule has 0 radical (unpaired) electrons. The summed E-state index contributed by atoms with van der Waals surface area (Å²) in [5.74, 6) is -0.235. The summed E-state index contributed by atoms with van der Waals surface area (Å²) < 4.78 is 24.8. The van der Waals surface area contributed by atoms with Gasteiger partial charge in [-0.3, -0.25) is 14.2 Å². The second-order valence-electron chi connectivity index (χ2n) is 6.41. The Morgan fingerprint density at radius 2 is 2.00 bits per heavy atom. The summed E-state index contributed by atoms with van der Waals surface area (Å²) in [7, 11) is 1.53. The van der Waals surface area contributed by atoms with Crippen LogP contribution in [-0.2, 0) is 34.0 Å². The Hall–Kier alpha value is -2.78. The van der Waals surface area contributed by atoms with Gasteiger partial charge in [-0.25, -0.2) is 9.37 Å². The topological polar surface area (TPSA) is 85.7 Å². The van der Waals surface area contributed by atoms with Crippen molar-refractivity contribution in [1.82, 2.24) is 14.9 Å². The average Bonchev–Trinajstić information content (AvgIpc) is 2.70. The molecule has 0 saturated carbocycles. The highest BCUT2D eigenvalue weighted by Gasteiger charge is 2.20. The monoisotopic (exact) mass is 390 g/mol. The second kappa shape index (κ2) is 9.43. The van der Waals surface area contributed by atoms with E-state index in [0.29, 0.717) is 37.9 Å². The van der Waals surface area contributed by atoms with Crippen LogP contribution in [0.4, 0.5) is 10.3 Å². The third-order valence-electron chi connectivity index (χ3n) is 4.33. The average molecular weight is 390 g/mol. The number of ether oxygens (including phenoxy) is 2. The van der Waals surface area contributed by atoms with Crippen molar-refractivity contribution in [2.75, 3.05) is 38.3 Å². The Labute approximate surface area is 161 Å². The van der Waals surface area contributed by atoms with Gasteiger partial charge in [-0.1, -0.05) is 12.1 Å². The third kappa shape index (κ3) is 5.14. The van der Waals surface area contributed by atoms with Crippen molar-refractivity contribution in [3.8, 4) is 0 Å². The predicted octanol–water partition coefficient (Wildman–Crippen LogP) is 0.682. The van der Waals surface area contributed by atoms with Crippen molar-refractivity contribution in [2.24, 2.45) is 0 Å². The van der Waals surface area contributed by atoms with Gasteiger partial charge in [0.25, 0.3) is 5.56 Å². The van der Waals surface area contributed by atoms with Gasteiger partial charge in [0.15, 0.2) is 0 Å². The highest BCUT2D eigenvalue weighted by Crippen LogP contribution is 2.13. The van der Waals surface area contributed by atoms with Gasteiger partial charge in [0.2, 0.25) is 11.9 Å². The van der Waals surface area contributed by atoms with Gasteiger partial charge < -0.3 is 19.7 Å². The van der Waals surface area contributed by atoms with E-state index >= 15 is 0 Å². The SMILES string of the molecule is COCc1cc(=O)n(CC(=O)NCc2ccc(F)cc2)c(N2CCOCC2)n1. The fourth-order valence-corrected chi connectivity index (χ4v) is 2.92. The van der Waals surface area contributed by atoms with Crippen molar-refractivity contribution in [3.63, 3.8) is 0 Å². The van der Waals surface area contributed by atoms with Crippen LogP contribution < -0.4 is 15.8 Å². The Kier molecular flexibility index (Phi) is 6.72. The third-order valence-corrected chi connectivity index (χ3v) is 4.33. The summed E-state index contributed by atoms with van der Waals surface area (Å²) in [5.41, 5.74) is 0.960. The number of halogens is 1. The van der Waals surface area contributed by atoms with E-state index in [1.165, 1.54) is 29.9 Å². The number of benzene rings is 1. The Balaban J connectivity index is 1.76. The minimum Gasteiger partial charge on any atom is -0.378 e. The van der Waals surface area contributed by atoms with Crippen molar-refractivity contribution in [2.45, 2.75) is 19.7 Å². The molecule has 150 valence electrons. The molecule has 1 amide bonds. The normalized spacial score (nSPS) is 14.1. The molecule has 1 aromatic carbocycles. The summed E-state index contributed by atoms with van der Waals surface area (Å²) in [6, 6.07) is 7.24. The largest absolute Gasteiger partial charge is 0.378 e. The van der Waals surface area contributed by atoms with Crippen molar-refractivity contribution >= 4 is 11.9 Å². The van der Waals surface area contributed by atoms with Gasteiger partial charge >= 0.3 is 0 Å². The lowest BCUT2D eigenvalue weighted by Gasteiger charge is -2.29. The molecule has 2 aromatic rings. The molecule has 1 aliphatic rings. The van der Waals surface area contributed by atoms with Crippen LogP contribution in [0.15, 0.2) is 35.1 Å². The number of nitrogens with zero attached hydrogens (tertiary/aromatic N) is 3. The summed E-state index contributed by atoms with van der Waals surface area (Å²) in [4.78, 5) is 31.5. The van der Waals surface area contributed by atoms with E-state index in [4.69, 9.17) is 9.47 Å². The standard InChI is InChI=1S/C19H23FN4O4/c1-27-13-16-10-18(26)24(19(22-16)23-6-8-28-9-7-23)12-17(25)21-11-14-2-4-15(20)5-3-14/h2-5,10H,6-9,11-13H2,1H3,(H,21,25). The smallest absolute Gasteiger partial charge is 0.255 e. The maximum Gasteiger partial charge on any atom is 0.255 e. The van der Waals surface area contributed by atoms with Gasteiger partial charge in [0.1, 0.15) is 12.4 Å². The summed E-state index contributed by atoms with van der Waals surface area (Å²) >= 11 is 0. The predicted molar refractivity (Wildman–Crippen MR) is 100 cm³/mol. The van der Waals surface area contributed by atoms with Crippen LogP contribution in [0.2, 0.25) is 0 Å². The first-order chi connectivity index (χ1) is 13.6. The molecule has 9 heteroatoms. The van der Waals surface area contributed by atoms with E-state index < -0.39 is 0 Å². The minimum absolute atomic E-state index is 0.160. The molecule has 1 saturated heterocycles. The first kappa shape index (κ1) is 20.0. The molecule has 0 unspecified atom stereocenters. The highest BCUT2D eigenvalue weighted by molar-refractivity contribution is 5.76. The number of amides is 1. The molecule has 0 spiro atoms. The van der Waals surface area contributed by atoms with Crippen LogP contribution in [0.1, 0.15) is 11.3 Å². The van der Waals surface area contributed by atoms with Crippen LogP contribution in [0, 0.1) is 5.82 Å². The molecule has 8 nitrogen and oxygen atoms in total. The maximum absolute atomic E-state index is 13.0. The van der Waals surface area contributed by atoms with Crippen LogP contribution >= 0.6 is 0 Å². The number of hydrogen-bond donors (Lipinski definition) is 1. The molecule has 1 N–H and O–H groups in total. The fraction of sp³-hybridized carbons (Fsp3) is 0.421. The van der Waals surface area contributed by atoms with E-state index in [-0.39, 0.29) is 37.0 Å². The lowest BCUT2D eigenvalue weighted by Crippen LogP contribution is -2.42. The summed E-state index contributed by atoms with van der Waals surface area (Å²) in [6.45, 7) is 2.52. The zero-order chi connectivity index (χ0) is 19.9. The van der Waals surface area contributed by atoms with Gasteiger partial charge in [-0.2, -0.15) is 0 Å². The second-order valence-corrected chi connectivity index (χ2v) is 6.41. The van der Waals surface area contributed by atoms with Crippen molar-refractivity contribution in [1.29, 1.82) is 0 Å². The van der Waals surface area contributed by atoms with Crippen LogP contribution in [0.3, 0.4) is 0 Å². The number of rotatable bonds is 7. The Morgan fingerprint density at radius 1 is 1.29 bits per heavy atom. The van der Waals surface area contributed by atoms with Gasteiger partial charge in [0, 0.05) is 32.8 Å². The number of hydrogen-bond acceptors (Lipinski definition) is 6. The number of carbonyl (C=O) groups excluding carboxylic acids is 1. The molecule has 0 bridgehead atoms. The molecule has 1 aliphatic heterocycles. The molecule has 0 atom stereocenters. The van der Waals surface area contributed by atoms with E-state index in [2.05, 4.69) is 10.3 Å². The highest BCUT2D eigenvalue weighted by atomic mass is 19.1. The first-order valence-corrected chi connectivity index (χ1v) is 9.00. The number of carbonyl (C=O) groups is 1. The van der Waals surface area contributed by atoms with E-state index in [0.717, 1.165) is 5.56 Å². The molecular weight excluding hydrogens is 367 g/mol.